The van der Waals surface area contributed by atoms with Crippen molar-refractivity contribution in [2.24, 2.45) is 5.92 Å². The van der Waals surface area contributed by atoms with Crippen LogP contribution in [0.5, 0.6) is 0 Å². The molecule has 0 aliphatic heterocycles. The Morgan fingerprint density at radius 2 is 1.80 bits per heavy atom. The molecule has 25 heavy (non-hydrogen) atoms. The van der Waals surface area contributed by atoms with Gasteiger partial charge in [0, 0.05) is 28.2 Å². The molecule has 1 fully saturated rings. The van der Waals surface area contributed by atoms with E-state index in [2.05, 4.69) is 12.6 Å². The molecule has 1 saturated carbocycles. The van der Waals surface area contributed by atoms with Crippen LogP contribution in [0.4, 0.5) is 0 Å². The average molecular weight is 332 g/mol. The van der Waals surface area contributed by atoms with Gasteiger partial charge >= 0.3 is 0 Å². The molecule has 4 rings (SSSR count). The molecule has 0 amide bonds. The van der Waals surface area contributed by atoms with Crippen LogP contribution >= 0.6 is 0 Å². The Morgan fingerprint density at radius 1 is 1.04 bits per heavy atom. The summed E-state index contributed by atoms with van der Waals surface area (Å²) in [6.45, 7) is 5.97. The van der Waals surface area contributed by atoms with Crippen molar-refractivity contribution in [2.75, 3.05) is 0 Å². The summed E-state index contributed by atoms with van der Waals surface area (Å²) in [5, 5.41) is 0. The van der Waals surface area contributed by atoms with Gasteiger partial charge in [-0.05, 0) is 43.7 Å². The number of ketones is 2. The van der Waals surface area contributed by atoms with Gasteiger partial charge in [0.1, 0.15) is 0 Å². The second-order valence-corrected chi connectivity index (χ2v) is 7.71. The van der Waals surface area contributed by atoms with Gasteiger partial charge < -0.3 is 0 Å². The number of carbonyl (C=O) groups excluding carboxylic acids is 2. The van der Waals surface area contributed by atoms with Crippen molar-refractivity contribution < 1.29 is 9.59 Å². The van der Waals surface area contributed by atoms with Gasteiger partial charge in [0.05, 0.1) is 0 Å². The second kappa shape index (κ2) is 6.25. The molecule has 0 N–H and O–H groups in total. The van der Waals surface area contributed by atoms with E-state index < -0.39 is 0 Å². The maximum Gasteiger partial charge on any atom is 0.194 e. The molecular formula is C23H24O2. The maximum absolute atomic E-state index is 13.0. The summed E-state index contributed by atoms with van der Waals surface area (Å²) >= 11 is 0. The highest BCUT2D eigenvalue weighted by molar-refractivity contribution is 6.28. The molecule has 1 unspecified atom stereocenters. The van der Waals surface area contributed by atoms with Crippen LogP contribution in [0.15, 0.2) is 53.6 Å². The zero-order valence-electron chi connectivity index (χ0n) is 14.8. The normalized spacial score (nSPS) is 23.5. The number of hydrogen-bond acceptors (Lipinski definition) is 2. The van der Waals surface area contributed by atoms with E-state index in [0.717, 1.165) is 5.57 Å². The highest BCUT2D eigenvalue weighted by atomic mass is 16.1. The lowest BCUT2D eigenvalue weighted by molar-refractivity contribution is 0.0972. The highest BCUT2D eigenvalue weighted by Crippen LogP contribution is 2.38. The van der Waals surface area contributed by atoms with Gasteiger partial charge in [-0.25, -0.2) is 0 Å². The summed E-state index contributed by atoms with van der Waals surface area (Å²) < 4.78 is 0. The Hall–Kier alpha value is -2.22. The topological polar surface area (TPSA) is 34.1 Å². The molecular weight excluding hydrogens is 308 g/mol. The molecule has 3 aliphatic carbocycles. The van der Waals surface area contributed by atoms with Crippen LogP contribution in [-0.2, 0) is 0 Å². The van der Waals surface area contributed by atoms with Crippen LogP contribution in [0.25, 0.3) is 0 Å². The van der Waals surface area contributed by atoms with Gasteiger partial charge in [-0.15, -0.1) is 0 Å². The SMILES string of the molecule is C=C(C)C1C=CC2=C(C1)C(=O)c1ccc(C3CCCCC3)cc1C2=O. The van der Waals surface area contributed by atoms with Crippen molar-refractivity contribution in [1.82, 2.24) is 0 Å². The minimum absolute atomic E-state index is 0.0127. The molecule has 0 saturated heterocycles. The Labute approximate surface area is 149 Å². The fourth-order valence-electron chi connectivity index (χ4n) is 4.42. The Balaban J connectivity index is 1.71. The van der Waals surface area contributed by atoms with E-state index >= 15 is 0 Å². The zero-order chi connectivity index (χ0) is 17.6. The highest BCUT2D eigenvalue weighted by Gasteiger charge is 2.34. The summed E-state index contributed by atoms with van der Waals surface area (Å²) in [4.78, 5) is 26.0. The summed E-state index contributed by atoms with van der Waals surface area (Å²) in [6.07, 6.45) is 10.7. The molecule has 1 atom stereocenters. The van der Waals surface area contributed by atoms with Crippen LogP contribution in [0.2, 0.25) is 0 Å². The van der Waals surface area contributed by atoms with Gasteiger partial charge in [0.2, 0.25) is 0 Å². The van der Waals surface area contributed by atoms with Gasteiger partial charge in [-0.2, -0.15) is 0 Å². The predicted molar refractivity (Wildman–Crippen MR) is 100 cm³/mol. The first-order valence-corrected chi connectivity index (χ1v) is 9.36. The zero-order valence-corrected chi connectivity index (χ0v) is 14.8. The number of hydrogen-bond donors (Lipinski definition) is 0. The molecule has 1 aromatic rings. The van der Waals surface area contributed by atoms with Gasteiger partial charge in [0.15, 0.2) is 11.6 Å². The lowest BCUT2D eigenvalue weighted by Gasteiger charge is -2.27. The van der Waals surface area contributed by atoms with E-state index in [1.807, 2.05) is 31.2 Å². The summed E-state index contributed by atoms with van der Waals surface area (Å²) in [7, 11) is 0. The van der Waals surface area contributed by atoms with Crippen molar-refractivity contribution >= 4 is 11.6 Å². The molecule has 0 heterocycles. The second-order valence-electron chi connectivity index (χ2n) is 7.71. The van der Waals surface area contributed by atoms with E-state index in [1.54, 1.807) is 0 Å². The van der Waals surface area contributed by atoms with Crippen LogP contribution in [0, 0.1) is 5.92 Å². The molecule has 0 aromatic heterocycles. The van der Waals surface area contributed by atoms with Gasteiger partial charge in [-0.1, -0.05) is 55.7 Å². The van der Waals surface area contributed by atoms with Crippen LogP contribution in [0.1, 0.15) is 77.6 Å². The first-order chi connectivity index (χ1) is 12.1. The van der Waals surface area contributed by atoms with Crippen molar-refractivity contribution in [3.05, 3.63) is 70.3 Å². The quantitative estimate of drug-likeness (QED) is 0.664. The molecule has 0 bridgehead atoms. The standard InChI is InChI=1S/C23H24O2/c1-14(2)16-8-10-18-20(12-16)22(24)19-11-9-17(13-21(19)23(18)25)15-6-4-3-5-7-15/h8-11,13,15-16H,1,3-7,12H2,2H3. The van der Waals surface area contributed by atoms with E-state index in [-0.39, 0.29) is 17.5 Å². The first-order valence-electron chi connectivity index (χ1n) is 9.36. The molecule has 0 radical (unpaired) electrons. The molecule has 2 nitrogen and oxygen atoms in total. The van der Waals surface area contributed by atoms with E-state index in [4.69, 9.17) is 0 Å². The molecule has 128 valence electrons. The lowest BCUT2D eigenvalue weighted by atomic mass is 9.74. The number of fused-ring (bicyclic) bond motifs is 1. The van der Waals surface area contributed by atoms with E-state index in [9.17, 15) is 9.59 Å². The lowest BCUT2D eigenvalue weighted by Crippen LogP contribution is -2.25. The van der Waals surface area contributed by atoms with Crippen LogP contribution in [-0.4, -0.2) is 11.6 Å². The number of carbonyl (C=O) groups is 2. The van der Waals surface area contributed by atoms with Crippen LogP contribution < -0.4 is 0 Å². The number of rotatable bonds is 2. The smallest absolute Gasteiger partial charge is 0.194 e. The maximum atomic E-state index is 13.0. The Morgan fingerprint density at radius 3 is 2.52 bits per heavy atom. The Bertz CT molecular complexity index is 832. The third-order valence-corrected chi connectivity index (χ3v) is 6.01. The molecule has 3 aliphatic rings. The van der Waals surface area contributed by atoms with Crippen molar-refractivity contribution in [1.29, 1.82) is 0 Å². The summed E-state index contributed by atoms with van der Waals surface area (Å²) in [5.41, 5.74) is 4.70. The first kappa shape index (κ1) is 16.3. The summed E-state index contributed by atoms with van der Waals surface area (Å²) in [5.74, 6) is 0.722. The summed E-state index contributed by atoms with van der Waals surface area (Å²) in [6, 6.07) is 5.95. The van der Waals surface area contributed by atoms with E-state index in [0.29, 0.717) is 34.6 Å². The monoisotopic (exact) mass is 332 g/mol. The minimum atomic E-state index is 0.0127. The molecule has 2 heteroatoms. The van der Waals surface area contributed by atoms with Crippen LogP contribution in [0.3, 0.4) is 0 Å². The minimum Gasteiger partial charge on any atom is -0.289 e. The number of benzene rings is 1. The van der Waals surface area contributed by atoms with Gasteiger partial charge in [0.25, 0.3) is 0 Å². The van der Waals surface area contributed by atoms with Crippen molar-refractivity contribution in [3.8, 4) is 0 Å². The van der Waals surface area contributed by atoms with E-state index in [1.165, 1.54) is 37.7 Å². The molecule has 0 spiro atoms. The average Bonchev–Trinajstić information content (AvgIpc) is 2.66. The van der Waals surface area contributed by atoms with Crippen molar-refractivity contribution in [2.45, 2.75) is 51.4 Å². The number of Topliss-reactive ketones (excluding diaryl/α,β-unsaturated/α-hetero) is 2. The Kier molecular flexibility index (Phi) is 4.07. The predicted octanol–water partition coefficient (Wildman–Crippen LogP) is 5.56. The fraction of sp³-hybridized carbons (Fsp3) is 0.391. The van der Waals surface area contributed by atoms with Gasteiger partial charge in [-0.3, -0.25) is 9.59 Å². The third kappa shape index (κ3) is 2.74. The molecule has 1 aromatic carbocycles. The van der Waals surface area contributed by atoms with Crippen molar-refractivity contribution in [3.63, 3.8) is 0 Å². The third-order valence-electron chi connectivity index (χ3n) is 6.01. The largest absolute Gasteiger partial charge is 0.289 e. The number of allylic oxidation sites excluding steroid dienone is 5. The fourth-order valence-corrected chi connectivity index (χ4v) is 4.42.